The SMILES string of the molecule is BrCC1(CN2CCN3CCCC3C2)CCCCC1. The maximum atomic E-state index is 3.81. The molecule has 1 unspecified atom stereocenters. The van der Waals surface area contributed by atoms with E-state index in [1.807, 2.05) is 0 Å². The molecule has 1 aliphatic carbocycles. The third kappa shape index (κ3) is 2.78. The Morgan fingerprint density at radius 1 is 1.00 bits per heavy atom. The Bertz CT molecular complexity index is 276. The average molecular weight is 315 g/mol. The lowest BCUT2D eigenvalue weighted by Gasteiger charge is -2.44. The summed E-state index contributed by atoms with van der Waals surface area (Å²) in [7, 11) is 0. The van der Waals surface area contributed by atoms with Gasteiger partial charge >= 0.3 is 0 Å². The molecule has 3 fully saturated rings. The van der Waals surface area contributed by atoms with Crippen LogP contribution in [0.25, 0.3) is 0 Å². The first-order valence-corrected chi connectivity index (χ1v) is 8.96. The minimum absolute atomic E-state index is 0.596. The van der Waals surface area contributed by atoms with Crippen LogP contribution in [0.5, 0.6) is 0 Å². The molecule has 0 radical (unpaired) electrons. The average Bonchev–Trinajstić information content (AvgIpc) is 2.87. The third-order valence-corrected chi connectivity index (χ3v) is 6.62. The highest BCUT2D eigenvalue weighted by Gasteiger charge is 2.36. The van der Waals surface area contributed by atoms with Crippen LogP contribution in [0.4, 0.5) is 0 Å². The van der Waals surface area contributed by atoms with E-state index in [1.54, 1.807) is 0 Å². The van der Waals surface area contributed by atoms with Crippen molar-refractivity contribution in [3.8, 4) is 0 Å². The fourth-order valence-corrected chi connectivity index (χ4v) is 5.05. The van der Waals surface area contributed by atoms with Crippen molar-refractivity contribution in [2.24, 2.45) is 5.41 Å². The van der Waals surface area contributed by atoms with E-state index >= 15 is 0 Å². The van der Waals surface area contributed by atoms with Gasteiger partial charge in [-0.2, -0.15) is 0 Å². The van der Waals surface area contributed by atoms with Gasteiger partial charge in [-0.1, -0.05) is 35.2 Å². The number of hydrogen-bond donors (Lipinski definition) is 0. The van der Waals surface area contributed by atoms with Crippen molar-refractivity contribution in [3.05, 3.63) is 0 Å². The van der Waals surface area contributed by atoms with E-state index in [9.17, 15) is 0 Å². The number of rotatable bonds is 3. The summed E-state index contributed by atoms with van der Waals surface area (Å²) in [6.45, 7) is 6.69. The van der Waals surface area contributed by atoms with Crippen LogP contribution in [0.1, 0.15) is 44.9 Å². The molecule has 2 nitrogen and oxygen atoms in total. The van der Waals surface area contributed by atoms with Gasteiger partial charge in [-0.15, -0.1) is 0 Å². The maximum Gasteiger partial charge on any atom is 0.0224 e. The molecule has 104 valence electrons. The summed E-state index contributed by atoms with van der Waals surface area (Å²) in [6.07, 6.45) is 10.1. The smallest absolute Gasteiger partial charge is 0.0224 e. The van der Waals surface area contributed by atoms with E-state index in [4.69, 9.17) is 0 Å². The zero-order chi connectivity index (χ0) is 12.4. The Hall–Kier alpha value is 0.400. The zero-order valence-electron chi connectivity index (χ0n) is 11.5. The molecule has 0 aromatic carbocycles. The van der Waals surface area contributed by atoms with Crippen LogP contribution in [0.3, 0.4) is 0 Å². The van der Waals surface area contributed by atoms with Gasteiger partial charge < -0.3 is 0 Å². The number of alkyl halides is 1. The predicted octanol–water partition coefficient (Wildman–Crippen LogP) is 3.11. The molecule has 2 saturated heterocycles. The van der Waals surface area contributed by atoms with Crippen molar-refractivity contribution < 1.29 is 0 Å². The summed E-state index contributed by atoms with van der Waals surface area (Å²) in [6, 6.07) is 0.884. The molecule has 0 bridgehead atoms. The quantitative estimate of drug-likeness (QED) is 0.739. The Kier molecular flexibility index (Phi) is 4.32. The van der Waals surface area contributed by atoms with E-state index in [2.05, 4.69) is 25.7 Å². The highest BCUT2D eigenvalue weighted by molar-refractivity contribution is 9.09. The first kappa shape index (κ1) is 13.4. The van der Waals surface area contributed by atoms with E-state index in [1.165, 1.54) is 83.0 Å². The second kappa shape index (κ2) is 5.80. The molecule has 0 amide bonds. The fourth-order valence-electron chi connectivity index (χ4n) is 4.31. The predicted molar refractivity (Wildman–Crippen MR) is 80.3 cm³/mol. The monoisotopic (exact) mass is 314 g/mol. The lowest BCUT2D eigenvalue weighted by atomic mass is 9.75. The molecule has 3 rings (SSSR count). The summed E-state index contributed by atoms with van der Waals surface area (Å²) in [4.78, 5) is 5.50. The molecule has 0 aromatic rings. The van der Waals surface area contributed by atoms with Crippen LogP contribution < -0.4 is 0 Å². The second-order valence-corrected chi connectivity index (χ2v) is 7.32. The summed E-state index contributed by atoms with van der Waals surface area (Å²) in [5.41, 5.74) is 0.596. The summed E-state index contributed by atoms with van der Waals surface area (Å²) < 4.78 is 0. The maximum absolute atomic E-state index is 3.81. The van der Waals surface area contributed by atoms with Gasteiger partial charge in [0.25, 0.3) is 0 Å². The van der Waals surface area contributed by atoms with Crippen molar-refractivity contribution in [3.63, 3.8) is 0 Å². The van der Waals surface area contributed by atoms with Gasteiger partial charge in [-0.3, -0.25) is 9.80 Å². The summed E-state index contributed by atoms with van der Waals surface area (Å²) in [5, 5.41) is 1.21. The Labute approximate surface area is 120 Å². The minimum atomic E-state index is 0.596. The molecule has 3 heteroatoms. The fraction of sp³-hybridized carbons (Fsp3) is 1.00. The van der Waals surface area contributed by atoms with Gasteiger partial charge in [-0.05, 0) is 37.6 Å². The van der Waals surface area contributed by atoms with Gasteiger partial charge in [0, 0.05) is 37.6 Å². The number of fused-ring (bicyclic) bond motifs is 1. The Balaban J connectivity index is 1.58. The molecule has 18 heavy (non-hydrogen) atoms. The van der Waals surface area contributed by atoms with Crippen molar-refractivity contribution in [1.82, 2.24) is 9.80 Å². The normalized spacial score (nSPS) is 33.5. The van der Waals surface area contributed by atoms with Crippen molar-refractivity contribution in [1.29, 1.82) is 0 Å². The van der Waals surface area contributed by atoms with Crippen molar-refractivity contribution >= 4 is 15.9 Å². The van der Waals surface area contributed by atoms with Gasteiger partial charge in [0.05, 0.1) is 0 Å². The van der Waals surface area contributed by atoms with Crippen LogP contribution in [0.2, 0.25) is 0 Å². The van der Waals surface area contributed by atoms with E-state index < -0.39 is 0 Å². The van der Waals surface area contributed by atoms with Gasteiger partial charge in [0.2, 0.25) is 0 Å². The van der Waals surface area contributed by atoms with Gasteiger partial charge in [-0.25, -0.2) is 0 Å². The Morgan fingerprint density at radius 2 is 1.83 bits per heavy atom. The van der Waals surface area contributed by atoms with Crippen molar-refractivity contribution in [2.45, 2.75) is 51.0 Å². The van der Waals surface area contributed by atoms with Gasteiger partial charge in [0.1, 0.15) is 0 Å². The Morgan fingerprint density at radius 3 is 2.61 bits per heavy atom. The lowest BCUT2D eigenvalue weighted by Crippen LogP contribution is -2.53. The molecule has 2 heterocycles. The third-order valence-electron chi connectivity index (χ3n) is 5.43. The first-order chi connectivity index (χ1) is 8.81. The van der Waals surface area contributed by atoms with Gasteiger partial charge in [0.15, 0.2) is 0 Å². The topological polar surface area (TPSA) is 6.48 Å². The van der Waals surface area contributed by atoms with E-state index in [-0.39, 0.29) is 0 Å². The molecule has 2 aliphatic heterocycles. The number of halogens is 1. The van der Waals surface area contributed by atoms with Crippen LogP contribution in [0, 0.1) is 5.41 Å². The number of piperazine rings is 1. The van der Waals surface area contributed by atoms with Crippen molar-refractivity contribution in [2.75, 3.05) is 38.1 Å². The highest BCUT2D eigenvalue weighted by atomic mass is 79.9. The van der Waals surface area contributed by atoms with Crippen LogP contribution in [-0.2, 0) is 0 Å². The lowest BCUT2D eigenvalue weighted by molar-refractivity contribution is 0.0575. The molecule has 0 aromatic heterocycles. The van der Waals surface area contributed by atoms with E-state index in [0.29, 0.717) is 5.41 Å². The summed E-state index contributed by atoms with van der Waals surface area (Å²) in [5.74, 6) is 0. The highest BCUT2D eigenvalue weighted by Crippen LogP contribution is 2.39. The zero-order valence-corrected chi connectivity index (χ0v) is 13.1. The molecule has 0 N–H and O–H groups in total. The molecular weight excluding hydrogens is 288 g/mol. The van der Waals surface area contributed by atoms with E-state index in [0.717, 1.165) is 6.04 Å². The number of nitrogens with zero attached hydrogens (tertiary/aromatic N) is 2. The van der Waals surface area contributed by atoms with Crippen LogP contribution in [0.15, 0.2) is 0 Å². The molecule has 0 spiro atoms. The second-order valence-electron chi connectivity index (χ2n) is 6.76. The first-order valence-electron chi connectivity index (χ1n) is 7.84. The minimum Gasteiger partial charge on any atom is -0.300 e. The summed E-state index contributed by atoms with van der Waals surface area (Å²) >= 11 is 3.81. The number of hydrogen-bond acceptors (Lipinski definition) is 2. The molecule has 3 aliphatic rings. The molecule has 1 saturated carbocycles. The standard InChI is InChI=1S/C15H27BrN2/c16-12-15(6-2-1-3-7-15)13-17-9-10-18-8-4-5-14(18)11-17/h14H,1-13H2. The van der Waals surface area contributed by atoms with Crippen LogP contribution in [-0.4, -0.2) is 53.9 Å². The molecule has 1 atom stereocenters. The largest absolute Gasteiger partial charge is 0.300 e. The van der Waals surface area contributed by atoms with Crippen LogP contribution >= 0.6 is 15.9 Å². The molecular formula is C15H27BrN2.